The van der Waals surface area contributed by atoms with Gasteiger partial charge in [0.05, 0.1) is 0 Å². The van der Waals surface area contributed by atoms with Crippen molar-refractivity contribution >= 4 is 17.8 Å². The van der Waals surface area contributed by atoms with E-state index in [1.807, 2.05) is 13.8 Å². The summed E-state index contributed by atoms with van der Waals surface area (Å²) in [7, 11) is 0. The summed E-state index contributed by atoms with van der Waals surface area (Å²) in [5, 5.41) is 2.95. The summed E-state index contributed by atoms with van der Waals surface area (Å²) in [5.41, 5.74) is 4.85. The van der Waals surface area contributed by atoms with E-state index in [-0.39, 0.29) is 17.2 Å². The van der Waals surface area contributed by atoms with Gasteiger partial charge in [0.2, 0.25) is 5.91 Å². The molecule has 0 unspecified atom stereocenters. The number of ether oxygens (including phenoxy) is 1. The van der Waals surface area contributed by atoms with Crippen molar-refractivity contribution in [3.05, 3.63) is 0 Å². The summed E-state index contributed by atoms with van der Waals surface area (Å²) in [6, 6.07) is -0.748. The molecule has 25 heavy (non-hydrogen) atoms. The van der Waals surface area contributed by atoms with Crippen LogP contribution in [0.3, 0.4) is 0 Å². The molecular weight excluding hydrogens is 320 g/mol. The molecule has 4 aliphatic rings. The Labute approximate surface area is 149 Å². The second-order valence-corrected chi connectivity index (χ2v) is 8.87. The predicted octanol–water partition coefficient (Wildman–Crippen LogP) is 1.76. The zero-order chi connectivity index (χ0) is 18.4. The lowest BCUT2D eigenvalue weighted by molar-refractivity contribution is -0.160. The normalized spacial score (nSPS) is 35.3. The number of amides is 2. The van der Waals surface area contributed by atoms with Crippen LogP contribution in [0.2, 0.25) is 0 Å². The highest BCUT2D eigenvalue weighted by molar-refractivity contribution is 5.89. The molecule has 4 bridgehead atoms. The zero-order valence-corrected chi connectivity index (χ0v) is 15.4. The Kier molecular flexibility index (Phi) is 4.82. The van der Waals surface area contributed by atoms with Crippen molar-refractivity contribution in [2.24, 2.45) is 34.8 Å². The third-order valence-electron chi connectivity index (χ3n) is 6.42. The van der Waals surface area contributed by atoms with Crippen molar-refractivity contribution in [3.8, 4) is 0 Å². The van der Waals surface area contributed by atoms with Gasteiger partial charge in [-0.15, -0.1) is 0 Å². The summed E-state index contributed by atoms with van der Waals surface area (Å²) in [5.74, 6) is 0.589. The van der Waals surface area contributed by atoms with Gasteiger partial charge in [0, 0.05) is 5.41 Å². The van der Waals surface area contributed by atoms with E-state index in [2.05, 4.69) is 5.32 Å². The minimum atomic E-state index is -0.995. The molecule has 0 aromatic rings. The molecule has 4 rings (SSSR count). The first-order chi connectivity index (χ1) is 11.7. The van der Waals surface area contributed by atoms with Crippen molar-refractivity contribution in [2.75, 3.05) is 0 Å². The van der Waals surface area contributed by atoms with E-state index in [4.69, 9.17) is 10.5 Å². The second-order valence-electron chi connectivity index (χ2n) is 8.87. The van der Waals surface area contributed by atoms with Crippen LogP contribution >= 0.6 is 0 Å². The van der Waals surface area contributed by atoms with Gasteiger partial charge in [-0.25, -0.2) is 4.79 Å². The van der Waals surface area contributed by atoms with Crippen LogP contribution in [-0.4, -0.2) is 29.9 Å². The fourth-order valence-electron chi connectivity index (χ4n) is 5.49. The van der Waals surface area contributed by atoms with Gasteiger partial charge in [0.25, 0.3) is 5.91 Å². The molecule has 0 saturated heterocycles. The quantitative estimate of drug-likeness (QED) is 0.713. The number of esters is 1. The lowest BCUT2D eigenvalue weighted by Crippen LogP contribution is -2.57. The van der Waals surface area contributed by atoms with Gasteiger partial charge in [0.15, 0.2) is 6.10 Å². The Balaban J connectivity index is 1.69. The molecule has 6 nitrogen and oxygen atoms in total. The fourth-order valence-corrected chi connectivity index (χ4v) is 5.49. The van der Waals surface area contributed by atoms with Crippen LogP contribution in [0.1, 0.15) is 59.3 Å². The highest BCUT2D eigenvalue weighted by atomic mass is 16.5. The smallest absolute Gasteiger partial charge is 0.329 e. The number of carbonyl (C=O) groups excluding carboxylic acids is 3. The SMILES string of the molecule is CC(C)[C@H](NC(=O)C12CC3CC(CC(C3)C1)C2)C(=O)O[C@H](C)C(N)=O. The van der Waals surface area contributed by atoms with Crippen LogP contribution in [0.15, 0.2) is 0 Å². The van der Waals surface area contributed by atoms with E-state index in [1.165, 1.54) is 26.2 Å². The van der Waals surface area contributed by atoms with Crippen LogP contribution in [0.4, 0.5) is 0 Å². The Bertz CT molecular complexity index is 536. The van der Waals surface area contributed by atoms with Gasteiger partial charge in [0.1, 0.15) is 6.04 Å². The molecule has 3 N–H and O–H groups in total. The molecule has 2 amide bonds. The number of rotatable bonds is 6. The molecule has 6 heteroatoms. The maximum absolute atomic E-state index is 13.1. The maximum atomic E-state index is 13.1. The van der Waals surface area contributed by atoms with Crippen LogP contribution in [-0.2, 0) is 19.1 Å². The number of nitrogens with two attached hydrogens (primary N) is 1. The number of hydrogen-bond donors (Lipinski definition) is 2. The van der Waals surface area contributed by atoms with Crippen molar-refractivity contribution in [1.29, 1.82) is 0 Å². The van der Waals surface area contributed by atoms with E-state index < -0.39 is 24.0 Å². The molecule has 4 fully saturated rings. The standard InChI is InChI=1S/C19H30N2O4/c1-10(2)15(17(23)25-11(3)16(20)22)21-18(24)19-7-12-4-13(8-19)6-14(5-12)9-19/h10-15H,4-9H2,1-3H3,(H2,20,22)(H,21,24)/t11-,12?,13?,14?,15+,19?/m1/s1. The first-order valence-electron chi connectivity index (χ1n) is 9.51. The summed E-state index contributed by atoms with van der Waals surface area (Å²) in [6.07, 6.45) is 5.63. The fraction of sp³-hybridized carbons (Fsp3) is 0.842. The van der Waals surface area contributed by atoms with E-state index in [0.717, 1.165) is 19.3 Å². The number of nitrogens with one attached hydrogen (secondary N) is 1. The van der Waals surface area contributed by atoms with E-state index >= 15 is 0 Å². The third kappa shape index (κ3) is 3.53. The zero-order valence-electron chi connectivity index (χ0n) is 15.4. The van der Waals surface area contributed by atoms with Gasteiger partial charge < -0.3 is 15.8 Å². The Morgan fingerprint density at radius 3 is 1.88 bits per heavy atom. The molecule has 4 saturated carbocycles. The Morgan fingerprint density at radius 1 is 1.00 bits per heavy atom. The van der Waals surface area contributed by atoms with Crippen molar-refractivity contribution in [1.82, 2.24) is 5.32 Å². The molecular formula is C19H30N2O4. The Morgan fingerprint density at radius 2 is 1.48 bits per heavy atom. The lowest BCUT2D eigenvalue weighted by Gasteiger charge is -2.55. The van der Waals surface area contributed by atoms with Crippen LogP contribution in [0, 0.1) is 29.1 Å². The molecule has 140 valence electrons. The van der Waals surface area contributed by atoms with E-state index in [1.54, 1.807) is 0 Å². The molecule has 0 spiro atoms. The molecule has 0 aromatic carbocycles. The summed E-state index contributed by atoms with van der Waals surface area (Å²) in [4.78, 5) is 36.7. The highest BCUT2D eigenvalue weighted by Gasteiger charge is 2.55. The topological polar surface area (TPSA) is 98.5 Å². The average Bonchev–Trinajstić information content (AvgIpc) is 2.50. The first-order valence-corrected chi connectivity index (χ1v) is 9.51. The van der Waals surface area contributed by atoms with Crippen molar-refractivity contribution in [3.63, 3.8) is 0 Å². The largest absolute Gasteiger partial charge is 0.451 e. The second kappa shape index (κ2) is 6.61. The van der Waals surface area contributed by atoms with Crippen LogP contribution < -0.4 is 11.1 Å². The van der Waals surface area contributed by atoms with Crippen LogP contribution in [0.5, 0.6) is 0 Å². The predicted molar refractivity (Wildman–Crippen MR) is 92.1 cm³/mol. The molecule has 0 radical (unpaired) electrons. The first kappa shape index (κ1) is 18.2. The lowest BCUT2D eigenvalue weighted by atomic mass is 9.49. The van der Waals surface area contributed by atoms with Crippen molar-refractivity contribution < 1.29 is 19.1 Å². The van der Waals surface area contributed by atoms with Gasteiger partial charge in [-0.1, -0.05) is 13.8 Å². The molecule has 0 aromatic heterocycles. The van der Waals surface area contributed by atoms with Gasteiger partial charge >= 0.3 is 5.97 Å². The van der Waals surface area contributed by atoms with E-state index in [9.17, 15) is 14.4 Å². The molecule has 0 aliphatic heterocycles. The maximum Gasteiger partial charge on any atom is 0.329 e. The summed E-state index contributed by atoms with van der Waals surface area (Å²) in [6.45, 7) is 5.17. The summed E-state index contributed by atoms with van der Waals surface area (Å²) >= 11 is 0. The number of hydrogen-bond acceptors (Lipinski definition) is 4. The van der Waals surface area contributed by atoms with Gasteiger partial charge in [-0.3, -0.25) is 9.59 Å². The number of primary amides is 1. The molecule has 4 aliphatic carbocycles. The average molecular weight is 350 g/mol. The minimum Gasteiger partial charge on any atom is -0.451 e. The third-order valence-corrected chi connectivity index (χ3v) is 6.42. The number of carbonyl (C=O) groups is 3. The van der Waals surface area contributed by atoms with E-state index in [0.29, 0.717) is 17.8 Å². The molecule has 2 atom stereocenters. The summed E-state index contributed by atoms with van der Waals surface area (Å²) < 4.78 is 5.13. The Hall–Kier alpha value is -1.59. The van der Waals surface area contributed by atoms with Crippen molar-refractivity contribution in [2.45, 2.75) is 71.4 Å². The van der Waals surface area contributed by atoms with Gasteiger partial charge in [-0.05, 0) is 69.1 Å². The molecule has 0 heterocycles. The minimum absolute atomic E-state index is 0.00558. The van der Waals surface area contributed by atoms with Gasteiger partial charge in [-0.2, -0.15) is 0 Å². The monoisotopic (exact) mass is 350 g/mol. The highest BCUT2D eigenvalue weighted by Crippen LogP contribution is 2.60. The van der Waals surface area contributed by atoms with Crippen LogP contribution in [0.25, 0.3) is 0 Å².